The first kappa shape index (κ1) is 29.0. The second-order valence-electron chi connectivity index (χ2n) is 9.31. The van der Waals surface area contributed by atoms with Crippen LogP contribution in [-0.4, -0.2) is 53.5 Å². The Balaban J connectivity index is 1.58. The van der Waals surface area contributed by atoms with Crippen LogP contribution >= 0.6 is 0 Å². The lowest BCUT2D eigenvalue weighted by Crippen LogP contribution is -2.33. The third kappa shape index (κ3) is 5.96. The Morgan fingerprint density at radius 3 is 2.37 bits per heavy atom. The molecule has 0 radical (unpaired) electrons. The van der Waals surface area contributed by atoms with Gasteiger partial charge < -0.3 is 34.2 Å². The van der Waals surface area contributed by atoms with Crippen LogP contribution < -0.4 is 30.5 Å². The molecule has 3 N–H and O–H groups in total. The molecule has 0 aliphatic rings. The molecule has 12 heteroatoms. The molecule has 0 unspecified atom stereocenters. The van der Waals surface area contributed by atoms with Gasteiger partial charge in [-0.3, -0.25) is 19.0 Å². The first-order valence-electron chi connectivity index (χ1n) is 12.7. The van der Waals surface area contributed by atoms with E-state index in [1.54, 1.807) is 32.0 Å². The van der Waals surface area contributed by atoms with Gasteiger partial charge in [-0.1, -0.05) is 6.07 Å². The summed E-state index contributed by atoms with van der Waals surface area (Å²) < 4.78 is 22.9. The van der Waals surface area contributed by atoms with Crippen LogP contribution in [0.2, 0.25) is 0 Å². The van der Waals surface area contributed by atoms with Crippen LogP contribution in [0, 0.1) is 13.8 Å². The molecule has 2 aromatic heterocycles. The van der Waals surface area contributed by atoms with E-state index in [2.05, 4.69) is 10.3 Å². The maximum absolute atomic E-state index is 13.2. The van der Waals surface area contributed by atoms with E-state index in [0.29, 0.717) is 33.8 Å². The minimum atomic E-state index is -0.883. The smallest absolute Gasteiger partial charge is 0.261 e. The van der Waals surface area contributed by atoms with E-state index in [1.165, 1.54) is 38.0 Å². The Labute approximate surface area is 234 Å². The molecular formula is C29H31N3O9. The van der Waals surface area contributed by atoms with Crippen LogP contribution in [0.25, 0.3) is 10.9 Å². The molecule has 1 atom stereocenters. The van der Waals surface area contributed by atoms with Crippen LogP contribution in [0.4, 0.5) is 0 Å². The number of amides is 1. The number of phenols is 1. The van der Waals surface area contributed by atoms with Crippen molar-refractivity contribution in [3.8, 4) is 28.7 Å². The van der Waals surface area contributed by atoms with Crippen molar-refractivity contribution in [1.29, 1.82) is 0 Å². The molecule has 1 amide bonds. The summed E-state index contributed by atoms with van der Waals surface area (Å²) in [5.74, 6) is -0.437. The second kappa shape index (κ2) is 12.0. The van der Waals surface area contributed by atoms with Gasteiger partial charge in [0.15, 0.2) is 28.8 Å². The molecule has 0 bridgehead atoms. The van der Waals surface area contributed by atoms with Gasteiger partial charge in [0.05, 0.1) is 38.2 Å². The van der Waals surface area contributed by atoms with Gasteiger partial charge in [-0.05, 0) is 37.6 Å². The van der Waals surface area contributed by atoms with E-state index in [9.17, 15) is 24.6 Å². The number of nitrogens with one attached hydrogen (secondary N) is 1. The third-order valence-electron chi connectivity index (χ3n) is 6.69. The number of aryl methyl sites for hydroxylation is 2. The van der Waals surface area contributed by atoms with Gasteiger partial charge in [-0.25, -0.2) is 4.98 Å². The molecule has 0 fully saturated rings. The number of hydrogen-bond donors (Lipinski definition) is 3. The molecule has 216 valence electrons. The molecule has 12 nitrogen and oxygen atoms in total. The molecule has 41 heavy (non-hydrogen) atoms. The quantitative estimate of drug-likeness (QED) is 0.261. The number of phenolic OH excluding ortho intramolecular Hbond substituents is 1. The molecule has 0 aliphatic heterocycles. The normalized spacial score (nSPS) is 11.7. The zero-order valence-corrected chi connectivity index (χ0v) is 23.3. The average Bonchev–Trinajstić information content (AvgIpc) is 2.95. The van der Waals surface area contributed by atoms with E-state index in [0.717, 1.165) is 6.07 Å². The summed E-state index contributed by atoms with van der Waals surface area (Å²) in [5.41, 5.74) is -0.0258. The predicted octanol–water partition coefficient (Wildman–Crippen LogP) is 2.74. The lowest BCUT2D eigenvalue weighted by molar-refractivity contribution is -0.121. The van der Waals surface area contributed by atoms with Crippen molar-refractivity contribution in [3.05, 3.63) is 79.9 Å². The summed E-state index contributed by atoms with van der Waals surface area (Å²) >= 11 is 0. The molecule has 2 aromatic carbocycles. The number of rotatable bonds is 10. The number of aromatic hydroxyl groups is 2. The Bertz CT molecular complexity index is 1730. The fourth-order valence-corrected chi connectivity index (χ4v) is 4.62. The van der Waals surface area contributed by atoms with Crippen molar-refractivity contribution in [3.63, 3.8) is 0 Å². The summed E-state index contributed by atoms with van der Waals surface area (Å²) in [4.78, 5) is 43.1. The molecule has 0 saturated heterocycles. The monoisotopic (exact) mass is 565 g/mol. The number of carbonyl (C=O) groups is 1. The first-order valence-corrected chi connectivity index (χ1v) is 12.7. The van der Waals surface area contributed by atoms with Gasteiger partial charge in [0.2, 0.25) is 17.1 Å². The highest BCUT2D eigenvalue weighted by molar-refractivity contribution is 5.82. The minimum Gasteiger partial charge on any atom is -0.504 e. The predicted molar refractivity (Wildman–Crippen MR) is 149 cm³/mol. The van der Waals surface area contributed by atoms with Crippen LogP contribution in [0.5, 0.6) is 28.7 Å². The van der Waals surface area contributed by atoms with E-state index in [4.69, 9.17) is 18.6 Å². The fraction of sp³-hybridized carbons (Fsp3) is 0.310. The van der Waals surface area contributed by atoms with E-state index in [1.807, 2.05) is 0 Å². The van der Waals surface area contributed by atoms with E-state index < -0.39 is 23.0 Å². The highest BCUT2D eigenvalue weighted by Crippen LogP contribution is 2.37. The number of benzene rings is 2. The van der Waals surface area contributed by atoms with Crippen LogP contribution in [0.1, 0.15) is 35.2 Å². The summed E-state index contributed by atoms with van der Waals surface area (Å²) in [6, 6.07) is 8.78. The third-order valence-corrected chi connectivity index (χ3v) is 6.69. The molecule has 4 aromatic rings. The zero-order chi connectivity index (χ0) is 29.8. The number of aromatic nitrogens is 2. The summed E-state index contributed by atoms with van der Waals surface area (Å²) in [5, 5.41) is 23.7. The fourth-order valence-electron chi connectivity index (χ4n) is 4.62. The molecule has 0 spiro atoms. The number of methoxy groups -OCH3 is 3. The lowest BCUT2D eigenvalue weighted by atomic mass is 9.91. The largest absolute Gasteiger partial charge is 0.504 e. The number of nitrogens with zero attached hydrogens (tertiary/aromatic N) is 2. The summed E-state index contributed by atoms with van der Waals surface area (Å²) in [6.07, 6.45) is -0.214. The standard InChI is InChI=1S/C29H31N3O9/c1-15-10-22(34)27(36)28(41-15)18(17-6-7-21(33)23(11-17)38-3)13-26(35)30-8-9-32-16(2)31-20-14-25(40-5)24(39-4)12-19(20)29(32)37/h6-7,10-12,14,18,33,36H,8-9,13H2,1-5H3,(H,30,35)/t18-/m1/s1. The SMILES string of the molecule is COc1cc([C@@H](CC(=O)NCCn2c(C)nc3cc(OC)c(OC)cc3c2=O)c2oc(C)cc(=O)c2O)ccc1O. The van der Waals surface area contributed by atoms with E-state index in [-0.39, 0.29) is 48.1 Å². The number of carbonyl (C=O) groups excluding carboxylic acids is 1. The molecule has 0 aliphatic carbocycles. The lowest BCUT2D eigenvalue weighted by Gasteiger charge is -2.19. The maximum atomic E-state index is 13.2. The van der Waals surface area contributed by atoms with Crippen molar-refractivity contribution in [1.82, 2.24) is 14.9 Å². The highest BCUT2D eigenvalue weighted by atomic mass is 16.5. The van der Waals surface area contributed by atoms with Gasteiger partial charge >= 0.3 is 0 Å². The number of fused-ring (bicyclic) bond motifs is 1. The molecule has 0 saturated carbocycles. The second-order valence-corrected chi connectivity index (χ2v) is 9.31. The van der Waals surface area contributed by atoms with Crippen LogP contribution in [0.3, 0.4) is 0 Å². The van der Waals surface area contributed by atoms with E-state index >= 15 is 0 Å². The minimum absolute atomic E-state index is 0.0898. The number of ether oxygens (including phenoxy) is 3. The topological polar surface area (TPSA) is 162 Å². The molecule has 4 rings (SSSR count). The van der Waals surface area contributed by atoms with Gasteiger partial charge in [0.25, 0.3) is 5.56 Å². The first-order chi connectivity index (χ1) is 19.6. The summed E-state index contributed by atoms with van der Waals surface area (Å²) in [7, 11) is 4.35. The number of hydrogen-bond acceptors (Lipinski definition) is 10. The Hall–Kier alpha value is -5.00. The highest BCUT2D eigenvalue weighted by Gasteiger charge is 2.27. The van der Waals surface area contributed by atoms with Gasteiger partial charge in [-0.15, -0.1) is 0 Å². The molecule has 2 heterocycles. The molecular weight excluding hydrogens is 534 g/mol. The summed E-state index contributed by atoms with van der Waals surface area (Å²) in [6.45, 7) is 3.48. The van der Waals surface area contributed by atoms with Gasteiger partial charge in [0.1, 0.15) is 11.6 Å². The zero-order valence-electron chi connectivity index (χ0n) is 23.3. The van der Waals surface area contributed by atoms with Gasteiger partial charge in [0, 0.05) is 31.6 Å². The van der Waals surface area contributed by atoms with Crippen molar-refractivity contribution in [2.45, 2.75) is 32.7 Å². The van der Waals surface area contributed by atoms with Crippen molar-refractivity contribution >= 4 is 16.8 Å². The Morgan fingerprint density at radius 2 is 1.68 bits per heavy atom. The van der Waals surface area contributed by atoms with Crippen LogP contribution in [-0.2, 0) is 11.3 Å². The Kier molecular flexibility index (Phi) is 8.51. The van der Waals surface area contributed by atoms with Crippen molar-refractivity contribution in [2.24, 2.45) is 0 Å². The Morgan fingerprint density at radius 1 is 1.00 bits per heavy atom. The van der Waals surface area contributed by atoms with Gasteiger partial charge in [-0.2, -0.15) is 0 Å². The van der Waals surface area contributed by atoms with Crippen LogP contribution in [0.15, 0.2) is 50.4 Å². The average molecular weight is 566 g/mol. The van der Waals surface area contributed by atoms with Crippen molar-refractivity contribution < 1.29 is 33.6 Å². The maximum Gasteiger partial charge on any atom is 0.261 e. The van der Waals surface area contributed by atoms with Crippen molar-refractivity contribution in [2.75, 3.05) is 27.9 Å².